The Morgan fingerprint density at radius 3 is 2.55 bits per heavy atom. The van der Waals surface area contributed by atoms with E-state index in [4.69, 9.17) is 21.0 Å². The Bertz CT molecular complexity index is 772. The summed E-state index contributed by atoms with van der Waals surface area (Å²) in [4.78, 5) is 26.1. The summed E-state index contributed by atoms with van der Waals surface area (Å²) in [6.07, 6.45) is 2.76. The number of aliphatic carboxylic acids is 1. The Morgan fingerprint density at radius 2 is 1.90 bits per heavy atom. The number of carboxylic acids is 1. The van der Waals surface area contributed by atoms with E-state index in [1.165, 1.54) is 5.56 Å². The summed E-state index contributed by atoms with van der Waals surface area (Å²) in [5.74, 6) is 0.0780. The zero-order valence-corrected chi connectivity index (χ0v) is 19.0. The number of ether oxygens (including phenoxy) is 1. The Kier molecular flexibility index (Phi) is 10.9. The Hall–Kier alpha value is -2.23. The lowest BCUT2D eigenvalue weighted by Crippen LogP contribution is -2.43. The first-order chi connectivity index (χ1) is 13.9. The van der Waals surface area contributed by atoms with Gasteiger partial charge in [-0.3, -0.25) is 19.9 Å². The van der Waals surface area contributed by atoms with Crippen molar-refractivity contribution in [3.8, 4) is 5.75 Å². The number of hydrogen-bond acceptors (Lipinski definition) is 5. The van der Waals surface area contributed by atoms with E-state index in [1.807, 2.05) is 21.9 Å². The minimum atomic E-state index is -1.04. The van der Waals surface area contributed by atoms with Gasteiger partial charge in [0.25, 0.3) is 0 Å². The van der Waals surface area contributed by atoms with Crippen LogP contribution < -0.4 is 15.8 Å². The molecule has 174 valence electrons. The molecule has 11 heteroatoms. The lowest BCUT2D eigenvalue weighted by Gasteiger charge is -2.31. The molecular formula is C20H31Cl2N5O4. The standard InChI is InChI=1S/C20H29N5O4.2ClH/c21-20(22)25-8-5-15-1-2-17(9-16(15)11-25)29-13-14-3-6-24(7-4-14)12-18(26)23-10-19(27)28;;/h1-2,9,14H,3-8,10-13H2,(H3,21,22)(H,23,26)(H,27,28);2*1H. The average Bonchev–Trinajstić information content (AvgIpc) is 2.71. The molecule has 5 N–H and O–H groups in total. The molecule has 9 nitrogen and oxygen atoms in total. The molecule has 0 radical (unpaired) electrons. The van der Waals surface area contributed by atoms with Crippen LogP contribution in [0.3, 0.4) is 0 Å². The molecule has 31 heavy (non-hydrogen) atoms. The minimum Gasteiger partial charge on any atom is -0.493 e. The number of piperidine rings is 1. The molecule has 1 fully saturated rings. The summed E-state index contributed by atoms with van der Waals surface area (Å²) >= 11 is 0. The van der Waals surface area contributed by atoms with E-state index >= 15 is 0 Å². The van der Waals surface area contributed by atoms with Crippen molar-refractivity contribution in [2.45, 2.75) is 25.8 Å². The maximum atomic E-state index is 11.7. The van der Waals surface area contributed by atoms with Crippen LogP contribution >= 0.6 is 24.8 Å². The molecule has 0 unspecified atom stereocenters. The van der Waals surface area contributed by atoms with Crippen molar-refractivity contribution in [2.24, 2.45) is 11.7 Å². The second-order valence-electron chi connectivity index (χ2n) is 7.69. The number of guanidine groups is 1. The summed E-state index contributed by atoms with van der Waals surface area (Å²) in [5.41, 5.74) is 8.05. The van der Waals surface area contributed by atoms with E-state index in [0.717, 1.165) is 50.2 Å². The zero-order chi connectivity index (χ0) is 20.8. The van der Waals surface area contributed by atoms with Gasteiger partial charge in [0.15, 0.2) is 5.96 Å². The highest BCUT2D eigenvalue weighted by atomic mass is 35.5. The number of nitrogens with one attached hydrogen (secondary N) is 2. The lowest BCUT2D eigenvalue weighted by atomic mass is 9.97. The van der Waals surface area contributed by atoms with Gasteiger partial charge in [-0.25, -0.2) is 0 Å². The highest BCUT2D eigenvalue weighted by Gasteiger charge is 2.22. The summed E-state index contributed by atoms with van der Waals surface area (Å²) in [6, 6.07) is 6.15. The number of amides is 1. The third-order valence-electron chi connectivity index (χ3n) is 5.53. The molecule has 0 atom stereocenters. The predicted molar refractivity (Wildman–Crippen MR) is 122 cm³/mol. The molecule has 0 aliphatic carbocycles. The highest BCUT2D eigenvalue weighted by Crippen LogP contribution is 2.25. The van der Waals surface area contributed by atoms with E-state index in [0.29, 0.717) is 19.1 Å². The molecule has 2 aliphatic rings. The number of carboxylic acid groups (broad SMARTS) is 1. The molecule has 2 aliphatic heterocycles. The number of nitrogens with two attached hydrogens (primary N) is 1. The van der Waals surface area contributed by atoms with Crippen LogP contribution in [-0.2, 0) is 22.6 Å². The minimum absolute atomic E-state index is 0. The normalized spacial score (nSPS) is 16.3. The van der Waals surface area contributed by atoms with Crippen LogP contribution in [-0.4, -0.2) is 72.1 Å². The smallest absolute Gasteiger partial charge is 0.322 e. The number of hydrogen-bond donors (Lipinski definition) is 4. The second-order valence-corrected chi connectivity index (χ2v) is 7.69. The van der Waals surface area contributed by atoms with Crippen LogP contribution in [0.25, 0.3) is 0 Å². The van der Waals surface area contributed by atoms with Crippen LogP contribution in [0.1, 0.15) is 24.0 Å². The van der Waals surface area contributed by atoms with Gasteiger partial charge in [-0.05, 0) is 61.5 Å². The van der Waals surface area contributed by atoms with Crippen LogP contribution in [0.4, 0.5) is 0 Å². The van der Waals surface area contributed by atoms with Crippen LogP contribution in [0.15, 0.2) is 18.2 Å². The maximum Gasteiger partial charge on any atom is 0.322 e. The SMILES string of the molecule is Cl.Cl.N=C(N)N1CCc2ccc(OCC3CCN(CC(=O)NCC(=O)O)CC3)cc2C1. The van der Waals surface area contributed by atoms with E-state index in [1.54, 1.807) is 0 Å². The van der Waals surface area contributed by atoms with Gasteiger partial charge in [-0.1, -0.05) is 6.07 Å². The van der Waals surface area contributed by atoms with Crippen molar-refractivity contribution in [2.75, 3.05) is 39.3 Å². The fraction of sp³-hybridized carbons (Fsp3) is 0.550. The largest absolute Gasteiger partial charge is 0.493 e. The molecule has 1 amide bonds. The van der Waals surface area contributed by atoms with Crippen LogP contribution in [0, 0.1) is 11.3 Å². The van der Waals surface area contributed by atoms with E-state index in [9.17, 15) is 9.59 Å². The van der Waals surface area contributed by atoms with Crippen LogP contribution in [0.5, 0.6) is 5.75 Å². The summed E-state index contributed by atoms with van der Waals surface area (Å²) in [5, 5.41) is 18.6. The number of halogens is 2. The Labute approximate surface area is 194 Å². The third kappa shape index (κ3) is 8.08. The fourth-order valence-electron chi connectivity index (χ4n) is 3.79. The van der Waals surface area contributed by atoms with Gasteiger partial charge in [0.1, 0.15) is 12.3 Å². The molecule has 0 saturated carbocycles. The molecular weight excluding hydrogens is 445 g/mol. The molecule has 1 aromatic carbocycles. The van der Waals surface area contributed by atoms with Crippen LogP contribution in [0.2, 0.25) is 0 Å². The predicted octanol–water partition coefficient (Wildman–Crippen LogP) is 1.07. The second kappa shape index (κ2) is 12.6. The van der Waals surface area contributed by atoms with Gasteiger partial charge < -0.3 is 25.8 Å². The van der Waals surface area contributed by atoms with Gasteiger partial charge in [-0.15, -0.1) is 24.8 Å². The van der Waals surface area contributed by atoms with Gasteiger partial charge >= 0.3 is 5.97 Å². The number of fused-ring (bicyclic) bond motifs is 1. The van der Waals surface area contributed by atoms with Crippen molar-refractivity contribution >= 4 is 42.7 Å². The lowest BCUT2D eigenvalue weighted by molar-refractivity contribution is -0.138. The zero-order valence-electron chi connectivity index (χ0n) is 17.3. The van der Waals surface area contributed by atoms with E-state index < -0.39 is 5.97 Å². The third-order valence-corrected chi connectivity index (χ3v) is 5.53. The molecule has 0 bridgehead atoms. The van der Waals surface area contributed by atoms with Gasteiger partial charge in [0, 0.05) is 13.1 Å². The Morgan fingerprint density at radius 1 is 1.19 bits per heavy atom. The van der Waals surface area contributed by atoms with Crippen molar-refractivity contribution in [1.29, 1.82) is 5.41 Å². The molecule has 0 aromatic heterocycles. The number of nitrogens with zero attached hydrogens (tertiary/aromatic N) is 2. The first-order valence-electron chi connectivity index (χ1n) is 9.95. The number of likely N-dealkylation sites (tertiary alicyclic amines) is 1. The molecule has 1 saturated heterocycles. The van der Waals surface area contributed by atoms with Gasteiger partial charge in [0.05, 0.1) is 13.2 Å². The van der Waals surface area contributed by atoms with Gasteiger partial charge in [0.2, 0.25) is 5.91 Å². The molecule has 0 spiro atoms. The number of carbonyl (C=O) groups excluding carboxylic acids is 1. The first-order valence-corrected chi connectivity index (χ1v) is 9.95. The summed E-state index contributed by atoms with van der Waals surface area (Å²) in [6.45, 7) is 3.54. The Balaban J connectivity index is 0.00000240. The molecule has 1 aromatic rings. The van der Waals surface area contributed by atoms with Crippen molar-refractivity contribution in [3.05, 3.63) is 29.3 Å². The van der Waals surface area contributed by atoms with Crippen molar-refractivity contribution < 1.29 is 19.4 Å². The van der Waals surface area contributed by atoms with Gasteiger partial charge in [-0.2, -0.15) is 0 Å². The van der Waals surface area contributed by atoms with E-state index in [-0.39, 0.29) is 49.8 Å². The average molecular weight is 476 g/mol. The van der Waals surface area contributed by atoms with Crippen molar-refractivity contribution in [1.82, 2.24) is 15.1 Å². The number of benzene rings is 1. The molecule has 3 rings (SSSR count). The van der Waals surface area contributed by atoms with Crippen molar-refractivity contribution in [3.63, 3.8) is 0 Å². The first kappa shape index (κ1) is 26.8. The quantitative estimate of drug-likeness (QED) is 0.342. The topological polar surface area (TPSA) is 132 Å². The maximum absolute atomic E-state index is 11.7. The molecule has 2 heterocycles. The summed E-state index contributed by atoms with van der Waals surface area (Å²) in [7, 11) is 0. The fourth-order valence-corrected chi connectivity index (χ4v) is 3.79. The number of rotatable bonds is 7. The summed E-state index contributed by atoms with van der Waals surface area (Å²) < 4.78 is 6.02. The van der Waals surface area contributed by atoms with E-state index in [2.05, 4.69) is 11.4 Å². The number of carbonyl (C=O) groups is 2. The monoisotopic (exact) mass is 475 g/mol. The highest BCUT2D eigenvalue weighted by molar-refractivity contribution is 5.85.